The standard InChI is InChI=1S/C12H14O5/c1-16-11(15)8-3-4-9(17-8)12(5-2-6-12)7-10(13)14/h3-4H,2,5-7H2,1H3,(H,13,14). The molecule has 0 saturated heterocycles. The van der Waals surface area contributed by atoms with Crippen LogP contribution in [0, 0.1) is 0 Å². The molecule has 0 spiro atoms. The normalized spacial score (nSPS) is 17.2. The van der Waals surface area contributed by atoms with E-state index in [1.165, 1.54) is 13.2 Å². The molecule has 2 rings (SSSR count). The Labute approximate surface area is 98.4 Å². The quantitative estimate of drug-likeness (QED) is 0.811. The summed E-state index contributed by atoms with van der Waals surface area (Å²) in [6.07, 6.45) is 2.60. The van der Waals surface area contributed by atoms with Crippen molar-refractivity contribution in [3.05, 3.63) is 23.7 Å². The molecule has 1 aromatic rings. The molecule has 1 saturated carbocycles. The molecule has 0 bridgehead atoms. The first kappa shape index (κ1) is 11.7. The number of hydrogen-bond acceptors (Lipinski definition) is 4. The third-order valence-corrected chi connectivity index (χ3v) is 3.32. The molecule has 1 N–H and O–H groups in total. The van der Waals surface area contributed by atoms with Gasteiger partial charge in [-0.2, -0.15) is 0 Å². The van der Waals surface area contributed by atoms with Crippen LogP contribution in [0.5, 0.6) is 0 Å². The first-order valence-corrected chi connectivity index (χ1v) is 5.48. The fourth-order valence-electron chi connectivity index (χ4n) is 2.24. The molecule has 0 radical (unpaired) electrons. The molecule has 1 aliphatic carbocycles. The van der Waals surface area contributed by atoms with Gasteiger partial charge in [-0.3, -0.25) is 4.79 Å². The average Bonchev–Trinajstić information content (AvgIpc) is 2.71. The molecular formula is C12H14O5. The molecule has 92 valence electrons. The zero-order valence-corrected chi connectivity index (χ0v) is 9.56. The lowest BCUT2D eigenvalue weighted by Gasteiger charge is -2.38. The van der Waals surface area contributed by atoms with Gasteiger partial charge < -0.3 is 14.3 Å². The van der Waals surface area contributed by atoms with E-state index < -0.39 is 17.4 Å². The number of furan rings is 1. The third-order valence-electron chi connectivity index (χ3n) is 3.32. The lowest BCUT2D eigenvalue weighted by molar-refractivity contribution is -0.139. The van der Waals surface area contributed by atoms with Crippen LogP contribution in [0.25, 0.3) is 0 Å². The molecule has 1 aromatic heterocycles. The Kier molecular flexibility index (Phi) is 2.92. The topological polar surface area (TPSA) is 76.7 Å². The number of esters is 1. The van der Waals surface area contributed by atoms with Crippen LogP contribution in [0.2, 0.25) is 0 Å². The minimum Gasteiger partial charge on any atom is -0.481 e. The predicted molar refractivity (Wildman–Crippen MR) is 57.8 cm³/mol. The lowest BCUT2D eigenvalue weighted by atomic mass is 9.65. The Morgan fingerprint density at radius 3 is 2.65 bits per heavy atom. The Morgan fingerprint density at radius 1 is 1.47 bits per heavy atom. The molecule has 5 nitrogen and oxygen atoms in total. The number of carboxylic acids is 1. The Morgan fingerprint density at radius 2 is 2.18 bits per heavy atom. The van der Waals surface area contributed by atoms with Crippen LogP contribution in [0.3, 0.4) is 0 Å². The van der Waals surface area contributed by atoms with E-state index in [1.54, 1.807) is 6.07 Å². The van der Waals surface area contributed by atoms with Gasteiger partial charge in [-0.05, 0) is 25.0 Å². The van der Waals surface area contributed by atoms with Crippen molar-refractivity contribution >= 4 is 11.9 Å². The fraction of sp³-hybridized carbons (Fsp3) is 0.500. The highest BCUT2D eigenvalue weighted by Gasteiger charge is 2.43. The largest absolute Gasteiger partial charge is 0.481 e. The van der Waals surface area contributed by atoms with Gasteiger partial charge in [0.25, 0.3) is 0 Å². The van der Waals surface area contributed by atoms with Crippen LogP contribution < -0.4 is 0 Å². The number of carbonyl (C=O) groups excluding carboxylic acids is 1. The number of rotatable bonds is 4. The van der Waals surface area contributed by atoms with Crippen LogP contribution in [0.15, 0.2) is 16.5 Å². The summed E-state index contributed by atoms with van der Waals surface area (Å²) in [7, 11) is 1.28. The molecule has 0 aromatic carbocycles. The minimum absolute atomic E-state index is 0.0428. The van der Waals surface area contributed by atoms with Crippen molar-refractivity contribution in [2.75, 3.05) is 7.11 Å². The first-order valence-electron chi connectivity index (χ1n) is 5.48. The fourth-order valence-corrected chi connectivity index (χ4v) is 2.24. The SMILES string of the molecule is COC(=O)c1ccc(C2(CC(=O)O)CCC2)o1. The summed E-state index contributed by atoms with van der Waals surface area (Å²) >= 11 is 0. The maximum absolute atomic E-state index is 11.2. The van der Waals surface area contributed by atoms with E-state index in [0.717, 1.165) is 19.3 Å². The van der Waals surface area contributed by atoms with E-state index in [0.29, 0.717) is 5.76 Å². The van der Waals surface area contributed by atoms with Gasteiger partial charge in [-0.25, -0.2) is 4.79 Å². The van der Waals surface area contributed by atoms with Gasteiger partial charge in [0.2, 0.25) is 5.76 Å². The predicted octanol–water partition coefficient (Wildman–Crippen LogP) is 1.96. The maximum atomic E-state index is 11.2. The van der Waals surface area contributed by atoms with Gasteiger partial charge in [-0.15, -0.1) is 0 Å². The molecule has 1 aliphatic rings. The van der Waals surface area contributed by atoms with Crippen molar-refractivity contribution in [1.29, 1.82) is 0 Å². The van der Waals surface area contributed by atoms with Crippen molar-refractivity contribution in [1.82, 2.24) is 0 Å². The molecule has 0 unspecified atom stereocenters. The first-order chi connectivity index (χ1) is 8.07. The second-order valence-electron chi connectivity index (χ2n) is 4.36. The van der Waals surface area contributed by atoms with Crippen molar-refractivity contribution in [2.45, 2.75) is 31.1 Å². The summed E-state index contributed by atoms with van der Waals surface area (Å²) in [5, 5.41) is 8.90. The zero-order valence-electron chi connectivity index (χ0n) is 9.56. The summed E-state index contributed by atoms with van der Waals surface area (Å²) < 4.78 is 9.95. The second kappa shape index (κ2) is 4.24. The summed E-state index contributed by atoms with van der Waals surface area (Å²) in [6.45, 7) is 0. The van der Waals surface area contributed by atoms with Crippen molar-refractivity contribution in [2.24, 2.45) is 0 Å². The summed E-state index contributed by atoms with van der Waals surface area (Å²) in [4.78, 5) is 22.1. The number of carboxylic acid groups (broad SMARTS) is 1. The highest BCUT2D eigenvalue weighted by molar-refractivity contribution is 5.86. The number of methoxy groups -OCH3 is 1. The van der Waals surface area contributed by atoms with Crippen LogP contribution in [-0.4, -0.2) is 24.2 Å². The van der Waals surface area contributed by atoms with Crippen molar-refractivity contribution < 1.29 is 23.8 Å². The van der Waals surface area contributed by atoms with Crippen LogP contribution in [-0.2, 0) is 14.9 Å². The van der Waals surface area contributed by atoms with E-state index in [-0.39, 0.29) is 12.2 Å². The molecule has 1 heterocycles. The molecule has 5 heteroatoms. The van der Waals surface area contributed by atoms with Gasteiger partial charge in [-0.1, -0.05) is 6.42 Å². The monoisotopic (exact) mass is 238 g/mol. The van der Waals surface area contributed by atoms with Crippen molar-refractivity contribution in [3.8, 4) is 0 Å². The van der Waals surface area contributed by atoms with Gasteiger partial charge in [0.1, 0.15) is 5.76 Å². The summed E-state index contributed by atoms with van der Waals surface area (Å²) in [5.41, 5.74) is -0.432. The van der Waals surface area contributed by atoms with Crippen LogP contribution in [0.1, 0.15) is 42.0 Å². The summed E-state index contributed by atoms with van der Waals surface area (Å²) in [5.74, 6) is -0.688. The van der Waals surface area contributed by atoms with Gasteiger partial charge in [0, 0.05) is 5.41 Å². The maximum Gasteiger partial charge on any atom is 0.373 e. The Hall–Kier alpha value is -1.78. The Bertz CT molecular complexity index is 442. The molecule has 0 aliphatic heterocycles. The van der Waals surface area contributed by atoms with E-state index in [2.05, 4.69) is 4.74 Å². The lowest BCUT2D eigenvalue weighted by Crippen LogP contribution is -2.36. The van der Waals surface area contributed by atoms with Gasteiger partial charge >= 0.3 is 11.9 Å². The third kappa shape index (κ3) is 2.05. The highest BCUT2D eigenvalue weighted by Crippen LogP contribution is 2.47. The van der Waals surface area contributed by atoms with Crippen LogP contribution >= 0.6 is 0 Å². The summed E-state index contributed by atoms with van der Waals surface area (Å²) in [6, 6.07) is 3.21. The van der Waals surface area contributed by atoms with Crippen LogP contribution in [0.4, 0.5) is 0 Å². The number of hydrogen-bond donors (Lipinski definition) is 1. The minimum atomic E-state index is -0.847. The van der Waals surface area contributed by atoms with E-state index in [1.807, 2.05) is 0 Å². The van der Waals surface area contributed by atoms with E-state index in [9.17, 15) is 9.59 Å². The Balaban J connectivity index is 2.23. The molecule has 17 heavy (non-hydrogen) atoms. The number of carbonyl (C=O) groups is 2. The van der Waals surface area contributed by atoms with E-state index >= 15 is 0 Å². The highest BCUT2D eigenvalue weighted by atomic mass is 16.5. The van der Waals surface area contributed by atoms with Gasteiger partial charge in [0.15, 0.2) is 0 Å². The van der Waals surface area contributed by atoms with E-state index in [4.69, 9.17) is 9.52 Å². The number of ether oxygens (including phenoxy) is 1. The molecular weight excluding hydrogens is 224 g/mol. The van der Waals surface area contributed by atoms with Gasteiger partial charge in [0.05, 0.1) is 13.5 Å². The average molecular weight is 238 g/mol. The molecule has 0 atom stereocenters. The molecule has 0 amide bonds. The smallest absolute Gasteiger partial charge is 0.373 e. The molecule has 1 fully saturated rings. The zero-order chi connectivity index (χ0) is 12.5. The number of aliphatic carboxylic acids is 1. The second-order valence-corrected chi connectivity index (χ2v) is 4.36. The van der Waals surface area contributed by atoms with Crippen molar-refractivity contribution in [3.63, 3.8) is 0 Å².